The van der Waals surface area contributed by atoms with Gasteiger partial charge in [0, 0.05) is 0 Å². The number of benzene rings is 2. The molecule has 2 aromatic carbocycles. The SMILES string of the molecule is Cc1cc(P(=O)(O)O)c2cccc(P(=O)(O)O)c2c1. The van der Waals surface area contributed by atoms with E-state index in [2.05, 4.69) is 0 Å². The van der Waals surface area contributed by atoms with E-state index < -0.39 is 15.2 Å². The molecule has 0 saturated carbocycles. The van der Waals surface area contributed by atoms with E-state index in [-0.39, 0.29) is 21.4 Å². The van der Waals surface area contributed by atoms with Crippen LogP contribution in [0.4, 0.5) is 0 Å². The summed E-state index contributed by atoms with van der Waals surface area (Å²) in [6.45, 7) is 1.61. The van der Waals surface area contributed by atoms with Crippen molar-refractivity contribution >= 4 is 36.6 Å². The van der Waals surface area contributed by atoms with Crippen molar-refractivity contribution in [3.05, 3.63) is 35.9 Å². The lowest BCUT2D eigenvalue weighted by atomic mass is 10.1. The smallest absolute Gasteiger partial charge is 0.321 e. The Hall–Kier alpha value is -1.00. The van der Waals surface area contributed by atoms with Crippen LogP contribution in [0.1, 0.15) is 5.56 Å². The van der Waals surface area contributed by atoms with E-state index in [9.17, 15) is 28.7 Å². The first kappa shape index (κ1) is 14.4. The summed E-state index contributed by atoms with van der Waals surface area (Å²) in [5.41, 5.74) is 0.520. The van der Waals surface area contributed by atoms with Gasteiger partial charge in [-0.3, -0.25) is 9.13 Å². The number of hydrogen-bond acceptors (Lipinski definition) is 2. The summed E-state index contributed by atoms with van der Waals surface area (Å²) >= 11 is 0. The fourth-order valence-corrected chi connectivity index (χ4v) is 3.65. The van der Waals surface area contributed by atoms with Gasteiger partial charge in [0.15, 0.2) is 0 Å². The van der Waals surface area contributed by atoms with E-state index in [4.69, 9.17) is 0 Å². The molecule has 0 aliphatic heterocycles. The van der Waals surface area contributed by atoms with E-state index in [1.807, 2.05) is 0 Å². The van der Waals surface area contributed by atoms with Crippen LogP contribution in [0.25, 0.3) is 10.8 Å². The summed E-state index contributed by atoms with van der Waals surface area (Å²) in [6, 6.07) is 6.88. The summed E-state index contributed by atoms with van der Waals surface area (Å²) in [5, 5.41) is -0.143. The van der Waals surface area contributed by atoms with E-state index in [0.717, 1.165) is 0 Å². The Morgan fingerprint density at radius 3 is 1.95 bits per heavy atom. The maximum absolute atomic E-state index is 11.5. The van der Waals surface area contributed by atoms with Crippen LogP contribution in [-0.4, -0.2) is 19.6 Å². The van der Waals surface area contributed by atoms with Crippen LogP contribution in [0, 0.1) is 6.92 Å². The van der Waals surface area contributed by atoms with E-state index in [1.165, 1.54) is 30.3 Å². The van der Waals surface area contributed by atoms with Crippen LogP contribution in [0.15, 0.2) is 30.3 Å². The second-order valence-corrected chi connectivity index (χ2v) is 7.38. The fourth-order valence-electron chi connectivity index (χ4n) is 1.99. The third-order valence-electron chi connectivity index (χ3n) is 2.72. The third-order valence-corrected chi connectivity index (χ3v) is 4.74. The zero-order valence-corrected chi connectivity index (χ0v) is 11.7. The molecule has 2 rings (SSSR count). The Bertz CT molecular complexity index is 742. The van der Waals surface area contributed by atoms with Gasteiger partial charge < -0.3 is 19.6 Å². The average Bonchev–Trinajstić information content (AvgIpc) is 2.24. The topological polar surface area (TPSA) is 115 Å². The minimum atomic E-state index is -4.52. The molecular formula is C11H12O6P2. The van der Waals surface area contributed by atoms with Gasteiger partial charge in [-0.1, -0.05) is 18.2 Å². The van der Waals surface area contributed by atoms with Gasteiger partial charge in [-0.2, -0.15) is 0 Å². The number of aryl methyl sites for hydroxylation is 1. The Balaban J connectivity index is 2.98. The van der Waals surface area contributed by atoms with Crippen molar-refractivity contribution in [2.45, 2.75) is 6.92 Å². The van der Waals surface area contributed by atoms with Crippen molar-refractivity contribution in [2.24, 2.45) is 0 Å². The van der Waals surface area contributed by atoms with Gasteiger partial charge in [0.1, 0.15) is 0 Å². The fraction of sp³-hybridized carbons (Fsp3) is 0.0909. The van der Waals surface area contributed by atoms with Gasteiger partial charge in [-0.05, 0) is 35.4 Å². The number of rotatable bonds is 2. The van der Waals surface area contributed by atoms with Crippen molar-refractivity contribution in [3.63, 3.8) is 0 Å². The second-order valence-electron chi connectivity index (χ2n) is 4.24. The lowest BCUT2D eigenvalue weighted by Crippen LogP contribution is -2.12. The normalized spacial score (nSPS) is 12.9. The molecule has 0 fully saturated rings. The standard InChI is InChI=1S/C11H12O6P2/c1-7-5-9-8(11(6-7)19(15,16)17)3-2-4-10(9)18(12,13)14/h2-6H,1H3,(H2,12,13,14)(H2,15,16,17). The van der Waals surface area contributed by atoms with Gasteiger partial charge in [0.2, 0.25) is 0 Å². The molecular weight excluding hydrogens is 290 g/mol. The van der Waals surface area contributed by atoms with Gasteiger partial charge in [-0.25, -0.2) is 0 Å². The average molecular weight is 302 g/mol. The first-order valence-electron chi connectivity index (χ1n) is 5.26. The monoisotopic (exact) mass is 302 g/mol. The molecule has 19 heavy (non-hydrogen) atoms. The highest BCUT2D eigenvalue weighted by Crippen LogP contribution is 2.40. The molecule has 0 saturated heterocycles. The molecule has 0 aromatic heterocycles. The molecule has 2 aromatic rings. The highest BCUT2D eigenvalue weighted by atomic mass is 31.2. The van der Waals surface area contributed by atoms with Crippen LogP contribution in [0.2, 0.25) is 0 Å². The van der Waals surface area contributed by atoms with Gasteiger partial charge >= 0.3 is 15.2 Å². The first-order valence-corrected chi connectivity index (χ1v) is 8.49. The minimum absolute atomic E-state index is 0.153. The molecule has 0 heterocycles. The molecule has 102 valence electrons. The van der Waals surface area contributed by atoms with Crippen LogP contribution in [-0.2, 0) is 9.13 Å². The molecule has 0 bridgehead atoms. The van der Waals surface area contributed by atoms with E-state index >= 15 is 0 Å². The summed E-state index contributed by atoms with van der Waals surface area (Å²) in [5.74, 6) is 0. The van der Waals surface area contributed by atoms with Crippen molar-refractivity contribution in [3.8, 4) is 0 Å². The van der Waals surface area contributed by atoms with Crippen molar-refractivity contribution in [1.82, 2.24) is 0 Å². The lowest BCUT2D eigenvalue weighted by Gasteiger charge is -2.13. The predicted molar refractivity (Wildman–Crippen MR) is 72.0 cm³/mol. The molecule has 0 radical (unpaired) electrons. The lowest BCUT2D eigenvalue weighted by molar-refractivity contribution is 0.385. The van der Waals surface area contributed by atoms with Crippen LogP contribution < -0.4 is 10.6 Å². The Labute approximate surface area is 109 Å². The molecule has 0 amide bonds. The molecule has 0 spiro atoms. The number of hydrogen-bond donors (Lipinski definition) is 4. The van der Waals surface area contributed by atoms with Crippen LogP contribution in [0.3, 0.4) is 0 Å². The Morgan fingerprint density at radius 2 is 1.42 bits per heavy atom. The van der Waals surface area contributed by atoms with E-state index in [1.54, 1.807) is 6.92 Å². The highest BCUT2D eigenvalue weighted by molar-refractivity contribution is 7.61. The molecule has 0 atom stereocenters. The van der Waals surface area contributed by atoms with Crippen molar-refractivity contribution in [1.29, 1.82) is 0 Å². The molecule has 6 nitrogen and oxygen atoms in total. The number of fused-ring (bicyclic) bond motifs is 1. The molecule has 8 heteroatoms. The molecule has 0 unspecified atom stereocenters. The largest absolute Gasteiger partial charge is 0.356 e. The maximum Gasteiger partial charge on any atom is 0.356 e. The van der Waals surface area contributed by atoms with E-state index in [0.29, 0.717) is 5.56 Å². The van der Waals surface area contributed by atoms with Gasteiger partial charge in [0.25, 0.3) is 0 Å². The zero-order chi connectivity index (χ0) is 14.4. The maximum atomic E-state index is 11.5. The highest BCUT2D eigenvalue weighted by Gasteiger charge is 2.25. The van der Waals surface area contributed by atoms with Crippen molar-refractivity contribution < 1.29 is 28.7 Å². The third kappa shape index (κ3) is 2.79. The van der Waals surface area contributed by atoms with Gasteiger partial charge in [-0.15, -0.1) is 0 Å². The quantitative estimate of drug-likeness (QED) is 0.609. The summed E-state index contributed by atoms with van der Waals surface area (Å²) < 4.78 is 22.9. The van der Waals surface area contributed by atoms with Crippen molar-refractivity contribution in [2.75, 3.05) is 0 Å². The minimum Gasteiger partial charge on any atom is -0.321 e. The Morgan fingerprint density at radius 1 is 0.842 bits per heavy atom. The zero-order valence-electron chi connectivity index (χ0n) is 9.89. The molecule has 0 aliphatic rings. The van der Waals surface area contributed by atoms with Crippen LogP contribution >= 0.6 is 15.2 Å². The van der Waals surface area contributed by atoms with Gasteiger partial charge in [0.05, 0.1) is 10.6 Å². The second kappa shape index (κ2) is 4.53. The summed E-state index contributed by atoms with van der Waals surface area (Å²) in [7, 11) is -9.02. The van der Waals surface area contributed by atoms with Crippen LogP contribution in [0.5, 0.6) is 0 Å². The predicted octanol–water partition coefficient (Wildman–Crippen LogP) is 0.754. The Kier molecular flexibility index (Phi) is 3.43. The summed E-state index contributed by atoms with van der Waals surface area (Å²) in [6.07, 6.45) is 0. The first-order chi connectivity index (χ1) is 8.60. The summed E-state index contributed by atoms with van der Waals surface area (Å²) in [4.78, 5) is 37.2. The molecule has 0 aliphatic carbocycles. The molecule has 4 N–H and O–H groups in total.